The Morgan fingerprint density at radius 1 is 1.14 bits per heavy atom. The van der Waals surface area contributed by atoms with Crippen molar-refractivity contribution >= 4 is 7.60 Å². The molecule has 0 aliphatic carbocycles. The topological polar surface area (TPSA) is 57.5 Å². The highest BCUT2D eigenvalue weighted by atomic mass is 31.2. The van der Waals surface area contributed by atoms with Gasteiger partial charge in [0.2, 0.25) is 0 Å². The van der Waals surface area contributed by atoms with Crippen molar-refractivity contribution in [1.29, 1.82) is 0 Å². The molecule has 0 aliphatic heterocycles. The first kappa shape index (κ1) is 14.2. The minimum absolute atomic E-state index is 0.412. The van der Waals surface area contributed by atoms with Gasteiger partial charge in [-0.3, -0.25) is 4.57 Å². The Kier molecular flexibility index (Phi) is 6.67. The maximum Gasteiger partial charge on any atom is 0.328 e. The van der Waals surface area contributed by atoms with Gasteiger partial charge in [-0.2, -0.15) is 0 Å². The molecule has 0 aromatic heterocycles. The van der Waals surface area contributed by atoms with E-state index < -0.39 is 13.3 Å². The Labute approximate surface area is 87.1 Å². The van der Waals surface area contributed by atoms with Crippen molar-refractivity contribution in [2.24, 2.45) is 5.92 Å². The van der Waals surface area contributed by atoms with Gasteiger partial charge in [0.1, 0.15) is 0 Å². The van der Waals surface area contributed by atoms with Gasteiger partial charge in [0.15, 0.2) is 0 Å². The monoisotopic (exact) mass is 222 g/mol. The lowest BCUT2D eigenvalue weighted by molar-refractivity contribution is 0.344. The van der Waals surface area contributed by atoms with Crippen molar-refractivity contribution in [3.8, 4) is 0 Å². The Balaban J connectivity index is 4.05. The third-order valence-electron chi connectivity index (χ3n) is 2.44. The molecule has 0 aromatic rings. The first-order valence-corrected chi connectivity index (χ1v) is 7.11. The zero-order valence-electron chi connectivity index (χ0n) is 9.44. The Morgan fingerprint density at radius 2 is 1.71 bits per heavy atom. The molecular formula is C10H23O3P. The summed E-state index contributed by atoms with van der Waals surface area (Å²) in [5.41, 5.74) is -0.412. The second-order valence-corrected chi connectivity index (χ2v) is 6.26. The molecular weight excluding hydrogens is 199 g/mol. The third-order valence-corrected chi connectivity index (χ3v) is 3.91. The summed E-state index contributed by atoms with van der Waals surface area (Å²) in [5, 5.41) is 0. The largest absolute Gasteiger partial charge is 0.328 e. The van der Waals surface area contributed by atoms with Crippen LogP contribution in [-0.4, -0.2) is 15.4 Å². The fourth-order valence-corrected chi connectivity index (χ4v) is 2.45. The zero-order chi connectivity index (χ0) is 11.2. The van der Waals surface area contributed by atoms with Gasteiger partial charge in [-0.15, -0.1) is 0 Å². The minimum atomic E-state index is -3.86. The van der Waals surface area contributed by atoms with Gasteiger partial charge in [0.05, 0.1) is 5.66 Å². The van der Waals surface area contributed by atoms with Gasteiger partial charge in [-0.1, -0.05) is 40.0 Å². The van der Waals surface area contributed by atoms with Crippen LogP contribution in [-0.2, 0) is 4.57 Å². The normalized spacial score (nSPS) is 14.7. The van der Waals surface area contributed by atoms with Crippen LogP contribution in [0.1, 0.15) is 52.9 Å². The van der Waals surface area contributed by atoms with Crippen LogP contribution in [0.15, 0.2) is 0 Å². The molecule has 2 N–H and O–H groups in total. The second-order valence-electron chi connectivity index (χ2n) is 4.36. The average Bonchev–Trinajstić information content (AvgIpc) is 2.01. The van der Waals surface area contributed by atoms with E-state index in [1.165, 1.54) is 0 Å². The SMILES string of the molecule is CCCCC(CCC(C)C)P(=O)(O)O. The highest BCUT2D eigenvalue weighted by Gasteiger charge is 2.27. The molecule has 0 saturated heterocycles. The fraction of sp³-hybridized carbons (Fsp3) is 1.00. The maximum absolute atomic E-state index is 11.1. The fourth-order valence-electron chi connectivity index (χ4n) is 1.45. The summed E-state index contributed by atoms with van der Waals surface area (Å²) >= 11 is 0. The molecule has 0 bridgehead atoms. The van der Waals surface area contributed by atoms with Crippen molar-refractivity contribution in [2.75, 3.05) is 0 Å². The smallest absolute Gasteiger partial charge is 0.324 e. The van der Waals surface area contributed by atoms with Crippen molar-refractivity contribution in [3.63, 3.8) is 0 Å². The summed E-state index contributed by atoms with van der Waals surface area (Å²) in [6.07, 6.45) is 4.13. The molecule has 0 fully saturated rings. The highest BCUT2D eigenvalue weighted by molar-refractivity contribution is 7.52. The van der Waals surface area contributed by atoms with E-state index in [0.29, 0.717) is 18.8 Å². The lowest BCUT2D eigenvalue weighted by atomic mass is 10.0. The molecule has 0 aromatic carbocycles. The maximum atomic E-state index is 11.1. The van der Waals surface area contributed by atoms with E-state index in [2.05, 4.69) is 13.8 Å². The Hall–Kier alpha value is 0.150. The van der Waals surface area contributed by atoms with Crippen molar-refractivity contribution < 1.29 is 14.4 Å². The molecule has 0 amide bonds. The molecule has 86 valence electrons. The lowest BCUT2D eigenvalue weighted by Crippen LogP contribution is -2.09. The summed E-state index contributed by atoms with van der Waals surface area (Å²) in [6, 6.07) is 0. The van der Waals surface area contributed by atoms with Crippen LogP contribution in [0.4, 0.5) is 0 Å². The molecule has 0 rings (SSSR count). The molecule has 0 heterocycles. The van der Waals surface area contributed by atoms with Gasteiger partial charge in [0, 0.05) is 0 Å². The molecule has 3 nitrogen and oxygen atoms in total. The van der Waals surface area contributed by atoms with Gasteiger partial charge in [-0.05, 0) is 18.8 Å². The van der Waals surface area contributed by atoms with Gasteiger partial charge < -0.3 is 9.79 Å². The quantitative estimate of drug-likeness (QED) is 0.650. The third kappa shape index (κ3) is 6.58. The molecule has 14 heavy (non-hydrogen) atoms. The van der Waals surface area contributed by atoms with Crippen molar-refractivity contribution in [3.05, 3.63) is 0 Å². The number of rotatable bonds is 7. The summed E-state index contributed by atoms with van der Waals surface area (Å²) in [7, 11) is -3.86. The van der Waals surface area contributed by atoms with Crippen molar-refractivity contribution in [2.45, 2.75) is 58.5 Å². The van der Waals surface area contributed by atoms with Crippen LogP contribution < -0.4 is 0 Å². The van der Waals surface area contributed by atoms with E-state index in [0.717, 1.165) is 19.3 Å². The van der Waals surface area contributed by atoms with Crippen LogP contribution in [0.25, 0.3) is 0 Å². The van der Waals surface area contributed by atoms with E-state index in [4.69, 9.17) is 9.79 Å². The van der Waals surface area contributed by atoms with Crippen LogP contribution in [0, 0.1) is 5.92 Å². The predicted octanol–water partition coefficient (Wildman–Crippen LogP) is 3.16. The molecule has 0 spiro atoms. The van der Waals surface area contributed by atoms with Crippen LogP contribution in [0.3, 0.4) is 0 Å². The average molecular weight is 222 g/mol. The first-order valence-electron chi connectivity index (χ1n) is 5.43. The first-order chi connectivity index (χ1) is 6.38. The zero-order valence-corrected chi connectivity index (χ0v) is 10.3. The number of hydrogen-bond acceptors (Lipinski definition) is 1. The minimum Gasteiger partial charge on any atom is -0.324 e. The van der Waals surface area contributed by atoms with E-state index in [9.17, 15) is 4.57 Å². The number of hydrogen-bond donors (Lipinski definition) is 2. The summed E-state index contributed by atoms with van der Waals surface area (Å²) in [6.45, 7) is 6.20. The predicted molar refractivity (Wildman–Crippen MR) is 59.4 cm³/mol. The van der Waals surface area contributed by atoms with Gasteiger partial charge in [-0.25, -0.2) is 0 Å². The summed E-state index contributed by atoms with van der Waals surface area (Å²) in [5.74, 6) is 0.519. The van der Waals surface area contributed by atoms with Gasteiger partial charge in [0.25, 0.3) is 0 Å². The van der Waals surface area contributed by atoms with E-state index in [-0.39, 0.29) is 0 Å². The van der Waals surface area contributed by atoms with Gasteiger partial charge >= 0.3 is 7.60 Å². The lowest BCUT2D eigenvalue weighted by Gasteiger charge is -2.18. The number of unbranched alkanes of at least 4 members (excludes halogenated alkanes) is 1. The molecule has 4 heteroatoms. The van der Waals surface area contributed by atoms with E-state index in [1.54, 1.807) is 0 Å². The van der Waals surface area contributed by atoms with E-state index >= 15 is 0 Å². The Bertz CT molecular complexity index is 186. The van der Waals surface area contributed by atoms with Crippen LogP contribution >= 0.6 is 7.60 Å². The summed E-state index contributed by atoms with van der Waals surface area (Å²) in [4.78, 5) is 18.3. The second kappa shape index (κ2) is 6.60. The summed E-state index contributed by atoms with van der Waals surface area (Å²) < 4.78 is 11.1. The molecule has 0 radical (unpaired) electrons. The molecule has 1 atom stereocenters. The van der Waals surface area contributed by atoms with E-state index in [1.807, 2.05) is 6.92 Å². The molecule has 0 saturated carbocycles. The standard InChI is InChI=1S/C10H23O3P/c1-4-5-6-10(14(11,12)13)8-7-9(2)3/h9-10H,4-8H2,1-3H3,(H2,11,12,13). The molecule has 0 aliphatic rings. The van der Waals surface area contributed by atoms with Crippen LogP contribution in [0.2, 0.25) is 0 Å². The highest BCUT2D eigenvalue weighted by Crippen LogP contribution is 2.46. The van der Waals surface area contributed by atoms with Crippen LogP contribution in [0.5, 0.6) is 0 Å². The molecule has 1 unspecified atom stereocenters. The Morgan fingerprint density at radius 3 is 2.07 bits per heavy atom. The van der Waals surface area contributed by atoms with Crippen molar-refractivity contribution in [1.82, 2.24) is 0 Å².